The van der Waals surface area contributed by atoms with Gasteiger partial charge < -0.3 is 18.8 Å². The summed E-state index contributed by atoms with van der Waals surface area (Å²) in [4.78, 5) is 8.96. The van der Waals surface area contributed by atoms with Crippen LogP contribution in [0.25, 0.3) is 82.5 Å². The molecule has 0 unspecified atom stereocenters. The van der Waals surface area contributed by atoms with Crippen molar-refractivity contribution < 1.29 is 24.5 Å². The van der Waals surface area contributed by atoms with E-state index in [1.807, 2.05) is 54.7 Å². The molecule has 5 aromatic heterocycles. The third-order valence-electron chi connectivity index (χ3n) is 10.2. The van der Waals surface area contributed by atoms with Gasteiger partial charge in [-0.15, -0.1) is 59.7 Å². The fraction of sp³-hybridized carbons (Fsp3) is 0.167. The van der Waals surface area contributed by atoms with E-state index in [-0.39, 0.29) is 30.9 Å². The summed E-state index contributed by atoms with van der Waals surface area (Å²) in [5, 5.41) is 7.38. The van der Waals surface area contributed by atoms with Crippen LogP contribution >= 0.6 is 0 Å². The predicted molar refractivity (Wildman–Crippen MR) is 216 cm³/mol. The molecule has 5 heterocycles. The number of hydrogen-bond acceptors (Lipinski definition) is 3. The molecule has 0 aliphatic carbocycles. The van der Waals surface area contributed by atoms with Crippen LogP contribution in [-0.2, 0) is 30.9 Å². The van der Waals surface area contributed by atoms with Gasteiger partial charge in [-0.1, -0.05) is 89.4 Å². The summed E-state index contributed by atoms with van der Waals surface area (Å²) in [6.07, 6.45) is 3.71. The van der Waals surface area contributed by atoms with Gasteiger partial charge in [-0.3, -0.25) is 0 Å². The van der Waals surface area contributed by atoms with Gasteiger partial charge in [0.15, 0.2) is 0 Å². The van der Waals surface area contributed by atoms with Gasteiger partial charge in [-0.2, -0.15) is 0 Å². The number of pyridine rings is 2. The second-order valence-electron chi connectivity index (χ2n) is 15.8. The van der Waals surface area contributed by atoms with E-state index in [2.05, 4.69) is 130 Å². The maximum Gasteiger partial charge on any atom is 0.137 e. The molecule has 0 bridgehead atoms. The van der Waals surface area contributed by atoms with Crippen LogP contribution in [-0.4, -0.2) is 14.4 Å². The molecule has 53 heavy (non-hydrogen) atoms. The zero-order valence-corrected chi connectivity index (χ0v) is 33.1. The van der Waals surface area contributed by atoms with E-state index in [1.165, 1.54) is 43.7 Å². The Morgan fingerprint density at radius 1 is 0.528 bits per heavy atom. The van der Waals surface area contributed by atoms with Crippen LogP contribution in [0.1, 0.15) is 52.7 Å². The molecule has 263 valence electrons. The fourth-order valence-electron chi connectivity index (χ4n) is 7.40. The molecule has 0 atom stereocenters. The Labute approximate surface area is 323 Å². The Balaban J connectivity index is 0.000000262. The number of fused-ring (bicyclic) bond motifs is 9. The molecular weight excluding hydrogens is 827 g/mol. The average Bonchev–Trinajstić information content (AvgIpc) is 3.80. The Hall–Kier alpha value is -5.35. The summed E-state index contributed by atoms with van der Waals surface area (Å²) in [7, 11) is 0. The van der Waals surface area contributed by atoms with Crippen molar-refractivity contribution in [3.05, 3.63) is 151 Å². The van der Waals surface area contributed by atoms with Gasteiger partial charge in [-0.25, -0.2) is 0 Å². The van der Waals surface area contributed by atoms with E-state index in [0.717, 1.165) is 50.0 Å². The zero-order valence-electron chi connectivity index (χ0n) is 30.7. The quantitative estimate of drug-likeness (QED) is 0.163. The molecule has 0 amide bonds. The monoisotopic (exact) mass is 866 g/mol. The molecule has 10 rings (SSSR count). The molecule has 5 heteroatoms. The van der Waals surface area contributed by atoms with Crippen molar-refractivity contribution in [3.8, 4) is 22.5 Å². The van der Waals surface area contributed by atoms with Crippen molar-refractivity contribution in [1.29, 1.82) is 0 Å². The van der Waals surface area contributed by atoms with Gasteiger partial charge in [0.25, 0.3) is 0 Å². The number of aromatic nitrogens is 3. The Bertz CT molecular complexity index is 2870. The zero-order chi connectivity index (χ0) is 35.8. The Kier molecular flexibility index (Phi) is 8.48. The van der Waals surface area contributed by atoms with Crippen LogP contribution < -0.4 is 0 Å². The van der Waals surface area contributed by atoms with Crippen molar-refractivity contribution in [2.45, 2.75) is 52.4 Å². The second kappa shape index (κ2) is 12.9. The normalized spacial score (nSPS) is 12.2. The van der Waals surface area contributed by atoms with Crippen LogP contribution in [0.15, 0.2) is 132 Å². The maximum absolute atomic E-state index is 6.33. The van der Waals surface area contributed by atoms with Crippen molar-refractivity contribution in [2.24, 2.45) is 0 Å². The van der Waals surface area contributed by atoms with Crippen molar-refractivity contribution in [2.75, 3.05) is 0 Å². The third-order valence-corrected chi connectivity index (χ3v) is 10.2. The first-order valence-electron chi connectivity index (χ1n) is 17.9. The van der Waals surface area contributed by atoms with Crippen LogP contribution in [0.5, 0.6) is 0 Å². The molecule has 0 saturated carbocycles. The summed E-state index contributed by atoms with van der Waals surface area (Å²) < 4.78 is 8.74. The number of furan rings is 1. The number of para-hydroxylation sites is 1. The number of benzene rings is 5. The molecule has 5 aromatic carbocycles. The molecule has 0 aliphatic heterocycles. The Morgan fingerprint density at radius 2 is 1.25 bits per heavy atom. The first-order chi connectivity index (χ1) is 25.0. The van der Waals surface area contributed by atoms with Gasteiger partial charge in [0.05, 0.1) is 5.52 Å². The van der Waals surface area contributed by atoms with Gasteiger partial charge >= 0.3 is 0 Å². The summed E-state index contributed by atoms with van der Waals surface area (Å²) in [5.41, 5.74) is 12.1. The van der Waals surface area contributed by atoms with E-state index in [1.54, 1.807) is 6.20 Å². The fourth-order valence-corrected chi connectivity index (χ4v) is 7.40. The molecule has 0 saturated heterocycles. The number of hydrogen-bond donors (Lipinski definition) is 0. The van der Waals surface area contributed by atoms with Gasteiger partial charge in [0, 0.05) is 65.6 Å². The van der Waals surface area contributed by atoms with Crippen molar-refractivity contribution in [1.82, 2.24) is 14.4 Å². The van der Waals surface area contributed by atoms with E-state index in [9.17, 15) is 0 Å². The van der Waals surface area contributed by atoms with Crippen LogP contribution in [0, 0.1) is 12.1 Å². The molecule has 10 aromatic rings. The van der Waals surface area contributed by atoms with Gasteiger partial charge in [0.2, 0.25) is 0 Å². The van der Waals surface area contributed by atoms with Crippen molar-refractivity contribution >= 4 is 60.0 Å². The summed E-state index contributed by atoms with van der Waals surface area (Å²) in [5.74, 6) is 0. The maximum atomic E-state index is 6.33. The summed E-state index contributed by atoms with van der Waals surface area (Å²) >= 11 is 0. The first-order valence-corrected chi connectivity index (χ1v) is 17.9. The van der Waals surface area contributed by atoms with Crippen LogP contribution in [0.2, 0.25) is 0 Å². The molecule has 1 radical (unpaired) electrons. The molecule has 0 spiro atoms. The molecule has 4 nitrogen and oxygen atoms in total. The Morgan fingerprint density at radius 3 is 1.96 bits per heavy atom. The minimum absolute atomic E-state index is 0. The van der Waals surface area contributed by atoms with E-state index in [4.69, 9.17) is 9.40 Å². The SMILES string of the molecule is CC(C)(C)c1ccnc(-c2[c-]cc3c(c2)c2cc(C(C)(C)C)cc4c5cc6c(cc5n3c24)oc2ccccc26)c1.[Ir].[c-]1ccccc1-c1ccccn1. The first kappa shape index (κ1) is 34.7. The molecule has 0 aliphatic rings. The van der Waals surface area contributed by atoms with Crippen molar-refractivity contribution in [3.63, 3.8) is 0 Å². The van der Waals surface area contributed by atoms with Crippen LogP contribution in [0.3, 0.4) is 0 Å². The van der Waals surface area contributed by atoms with E-state index < -0.39 is 0 Å². The van der Waals surface area contributed by atoms with E-state index >= 15 is 0 Å². The standard InChI is InChI=1S/C37H31N2O.C11H8N.Ir/c1-36(2,3)22-13-14-38-30(18-22)21-11-12-31-25(15-21)28-16-23(37(4,5)6)17-29-26-19-27-24-9-7-8-10-33(24)40-34(27)20-32(26)39(31)35(28)29;1-2-6-10(7-3-1)11-8-4-5-9-12-11;/h7-10,12-20H,1-6H3;1-6,8-9H;/q2*-1;. The molecule has 0 fully saturated rings. The summed E-state index contributed by atoms with van der Waals surface area (Å²) in [6, 6.07) is 46.8. The van der Waals surface area contributed by atoms with E-state index in [0.29, 0.717) is 0 Å². The summed E-state index contributed by atoms with van der Waals surface area (Å²) in [6.45, 7) is 13.6. The smallest absolute Gasteiger partial charge is 0.137 e. The largest absolute Gasteiger partial charge is 0.456 e. The van der Waals surface area contributed by atoms with Gasteiger partial charge in [-0.05, 0) is 74.6 Å². The minimum Gasteiger partial charge on any atom is -0.456 e. The number of nitrogens with zero attached hydrogens (tertiary/aromatic N) is 3. The van der Waals surface area contributed by atoms with Gasteiger partial charge in [0.1, 0.15) is 11.2 Å². The topological polar surface area (TPSA) is 43.3 Å². The predicted octanol–water partition coefficient (Wildman–Crippen LogP) is 12.7. The molecule has 0 N–H and O–H groups in total. The minimum atomic E-state index is 0. The second-order valence-corrected chi connectivity index (χ2v) is 15.8. The third kappa shape index (κ3) is 5.99. The number of rotatable bonds is 2. The molecular formula is C48H39IrN3O-2. The average molecular weight is 866 g/mol. The van der Waals surface area contributed by atoms with Crippen LogP contribution in [0.4, 0.5) is 0 Å².